The minimum atomic E-state index is -4.00. The number of piperidine rings is 1. The van der Waals surface area contributed by atoms with Crippen molar-refractivity contribution in [3.63, 3.8) is 0 Å². The number of nitrogens with one attached hydrogen (secondary N) is 1. The fourth-order valence-corrected chi connectivity index (χ4v) is 6.34. The quantitative estimate of drug-likeness (QED) is 0.621. The first-order valence-corrected chi connectivity index (χ1v) is 12.7. The highest BCUT2D eigenvalue weighted by molar-refractivity contribution is 7.89. The maximum atomic E-state index is 13.7. The average Bonchev–Trinajstić information content (AvgIpc) is 3.02. The van der Waals surface area contributed by atoms with Crippen LogP contribution in [0.2, 0.25) is 0 Å². The maximum Gasteiger partial charge on any atom is 0.341 e. The summed E-state index contributed by atoms with van der Waals surface area (Å²) in [6.45, 7) is 7.99. The van der Waals surface area contributed by atoms with Crippen molar-refractivity contribution < 1.29 is 22.7 Å². The zero-order valence-corrected chi connectivity index (χ0v) is 20.8. The molecule has 1 aliphatic rings. The van der Waals surface area contributed by atoms with Gasteiger partial charge in [-0.2, -0.15) is 4.31 Å². The van der Waals surface area contributed by atoms with Crippen molar-refractivity contribution in [2.75, 3.05) is 19.7 Å². The van der Waals surface area contributed by atoms with Gasteiger partial charge in [0, 0.05) is 38.1 Å². The minimum Gasteiger partial charge on any atom is -0.462 e. The Balaban J connectivity index is 1.81. The van der Waals surface area contributed by atoms with Crippen LogP contribution in [-0.2, 0) is 33.1 Å². The number of amides is 1. The number of nitrogens with zero attached hydrogens (tertiary/aromatic N) is 2. The first-order valence-electron chi connectivity index (χ1n) is 11.2. The van der Waals surface area contributed by atoms with Crippen molar-refractivity contribution >= 4 is 21.9 Å². The monoisotopic (exact) mass is 475 g/mol. The first kappa shape index (κ1) is 25.0. The van der Waals surface area contributed by atoms with E-state index in [-0.39, 0.29) is 29.5 Å². The second-order valence-corrected chi connectivity index (χ2v) is 10.4. The van der Waals surface area contributed by atoms with Gasteiger partial charge in [0.1, 0.15) is 10.5 Å². The van der Waals surface area contributed by atoms with Gasteiger partial charge in [-0.25, -0.2) is 13.2 Å². The van der Waals surface area contributed by atoms with Gasteiger partial charge in [0.2, 0.25) is 15.9 Å². The maximum absolute atomic E-state index is 13.7. The number of aromatic nitrogens is 1. The van der Waals surface area contributed by atoms with Crippen LogP contribution in [0.5, 0.6) is 0 Å². The summed E-state index contributed by atoms with van der Waals surface area (Å²) in [5, 5.41) is 2.94. The van der Waals surface area contributed by atoms with Gasteiger partial charge in [-0.05, 0) is 46.1 Å². The molecular formula is C24H33N3O5S. The predicted molar refractivity (Wildman–Crippen MR) is 125 cm³/mol. The molecule has 0 spiro atoms. The van der Waals surface area contributed by atoms with Crippen LogP contribution in [0.3, 0.4) is 0 Å². The average molecular weight is 476 g/mol. The third kappa shape index (κ3) is 5.14. The molecule has 2 heterocycles. The van der Waals surface area contributed by atoms with Crippen LogP contribution in [0.4, 0.5) is 0 Å². The summed E-state index contributed by atoms with van der Waals surface area (Å²) in [7, 11) is -2.27. The van der Waals surface area contributed by atoms with Gasteiger partial charge in [-0.15, -0.1) is 0 Å². The van der Waals surface area contributed by atoms with Gasteiger partial charge >= 0.3 is 5.97 Å². The smallest absolute Gasteiger partial charge is 0.341 e. The minimum absolute atomic E-state index is 0.0261. The van der Waals surface area contributed by atoms with E-state index >= 15 is 0 Å². The van der Waals surface area contributed by atoms with E-state index in [0.29, 0.717) is 37.3 Å². The van der Waals surface area contributed by atoms with Gasteiger partial charge in [0.15, 0.2) is 0 Å². The molecule has 1 atom stereocenters. The second-order valence-electron chi connectivity index (χ2n) is 8.56. The van der Waals surface area contributed by atoms with E-state index in [4.69, 9.17) is 4.74 Å². The standard InChI is InChI=1S/C24H33N3O5S/c1-6-32-24(29)21-17(3)26(5)18(4)22(21)33(30,31)27-12-8-11-20(15-27)23(28)25-14-19-10-7-9-16(2)13-19/h7,9-10,13,20H,6,8,11-12,14-15H2,1-5H3,(H,25,28)/t20-/m0/s1. The number of carbonyl (C=O) groups excluding carboxylic acids is 2. The lowest BCUT2D eigenvalue weighted by Gasteiger charge is -2.31. The Bertz CT molecular complexity index is 1150. The molecular weight excluding hydrogens is 442 g/mol. The largest absolute Gasteiger partial charge is 0.462 e. The molecule has 0 bridgehead atoms. The zero-order chi connectivity index (χ0) is 24.3. The number of esters is 1. The number of benzene rings is 1. The molecule has 1 saturated heterocycles. The molecule has 1 amide bonds. The number of rotatable bonds is 7. The van der Waals surface area contributed by atoms with Gasteiger partial charge < -0.3 is 14.6 Å². The Kier molecular flexibility index (Phi) is 7.64. The van der Waals surface area contributed by atoms with E-state index in [2.05, 4.69) is 5.32 Å². The zero-order valence-electron chi connectivity index (χ0n) is 20.0. The first-order chi connectivity index (χ1) is 15.6. The Hall–Kier alpha value is -2.65. The summed E-state index contributed by atoms with van der Waals surface area (Å²) in [5.74, 6) is -1.26. The van der Waals surface area contributed by atoms with E-state index in [0.717, 1.165) is 11.1 Å². The topological polar surface area (TPSA) is 97.7 Å². The van der Waals surface area contributed by atoms with E-state index < -0.39 is 21.9 Å². The molecule has 33 heavy (non-hydrogen) atoms. The van der Waals surface area contributed by atoms with Gasteiger partial charge in [0.25, 0.3) is 0 Å². The van der Waals surface area contributed by atoms with Crippen LogP contribution >= 0.6 is 0 Å². The SMILES string of the molecule is CCOC(=O)c1c(S(=O)(=O)N2CCC[C@H](C(=O)NCc3cccc(C)c3)C2)c(C)n(C)c1C. The van der Waals surface area contributed by atoms with Crippen molar-refractivity contribution in [2.24, 2.45) is 13.0 Å². The van der Waals surface area contributed by atoms with Crippen LogP contribution in [0.15, 0.2) is 29.2 Å². The Morgan fingerprint density at radius 3 is 2.58 bits per heavy atom. The number of carbonyl (C=O) groups is 2. The van der Waals surface area contributed by atoms with Gasteiger partial charge in [-0.1, -0.05) is 29.8 Å². The number of sulfonamides is 1. The number of hydrogen-bond acceptors (Lipinski definition) is 5. The number of ether oxygens (including phenoxy) is 1. The molecule has 1 aliphatic heterocycles. The fourth-order valence-electron chi connectivity index (χ4n) is 4.34. The van der Waals surface area contributed by atoms with Gasteiger partial charge in [0.05, 0.1) is 12.5 Å². The summed E-state index contributed by atoms with van der Waals surface area (Å²) in [5.41, 5.74) is 3.19. The summed E-state index contributed by atoms with van der Waals surface area (Å²) >= 11 is 0. The highest BCUT2D eigenvalue weighted by atomic mass is 32.2. The van der Waals surface area contributed by atoms with E-state index in [9.17, 15) is 18.0 Å². The van der Waals surface area contributed by atoms with Crippen LogP contribution in [0, 0.1) is 26.7 Å². The Morgan fingerprint density at radius 2 is 1.91 bits per heavy atom. The highest BCUT2D eigenvalue weighted by Crippen LogP contribution is 2.32. The van der Waals surface area contributed by atoms with E-state index in [1.54, 1.807) is 32.4 Å². The molecule has 3 rings (SSSR count). The molecule has 0 aliphatic carbocycles. The van der Waals surface area contributed by atoms with E-state index in [1.807, 2.05) is 31.2 Å². The van der Waals surface area contributed by atoms with Crippen LogP contribution in [0.1, 0.15) is 52.6 Å². The molecule has 0 radical (unpaired) electrons. The molecule has 0 saturated carbocycles. The van der Waals surface area contributed by atoms with Crippen molar-refractivity contribution in [2.45, 2.75) is 52.0 Å². The summed E-state index contributed by atoms with van der Waals surface area (Å²) in [6.07, 6.45) is 1.19. The Labute approximate surface area is 196 Å². The summed E-state index contributed by atoms with van der Waals surface area (Å²) in [6, 6.07) is 7.89. The van der Waals surface area contributed by atoms with Crippen molar-refractivity contribution in [1.29, 1.82) is 0 Å². The lowest BCUT2D eigenvalue weighted by atomic mass is 9.98. The summed E-state index contributed by atoms with van der Waals surface area (Å²) in [4.78, 5) is 25.4. The fraction of sp³-hybridized carbons (Fsp3) is 0.500. The highest BCUT2D eigenvalue weighted by Gasteiger charge is 2.38. The molecule has 1 fully saturated rings. The molecule has 1 N–H and O–H groups in total. The second kappa shape index (κ2) is 10.1. The Morgan fingerprint density at radius 1 is 1.18 bits per heavy atom. The van der Waals surface area contributed by atoms with Crippen LogP contribution in [-0.4, -0.2) is 48.9 Å². The van der Waals surface area contributed by atoms with Crippen molar-refractivity contribution in [3.8, 4) is 0 Å². The predicted octanol–water partition coefficient (Wildman–Crippen LogP) is 2.84. The number of aryl methyl sites for hydroxylation is 1. The lowest BCUT2D eigenvalue weighted by molar-refractivity contribution is -0.126. The van der Waals surface area contributed by atoms with E-state index in [1.165, 1.54) is 4.31 Å². The molecule has 180 valence electrons. The van der Waals surface area contributed by atoms with Crippen LogP contribution in [0.25, 0.3) is 0 Å². The van der Waals surface area contributed by atoms with Crippen LogP contribution < -0.4 is 5.32 Å². The van der Waals surface area contributed by atoms with Crippen molar-refractivity contribution in [1.82, 2.24) is 14.2 Å². The molecule has 9 heteroatoms. The number of hydrogen-bond donors (Lipinski definition) is 1. The van der Waals surface area contributed by atoms with Crippen molar-refractivity contribution in [3.05, 3.63) is 52.3 Å². The molecule has 1 aromatic heterocycles. The third-order valence-corrected chi connectivity index (χ3v) is 8.33. The molecule has 0 unspecified atom stereocenters. The normalized spacial score (nSPS) is 17.1. The molecule has 1 aromatic carbocycles. The van der Waals surface area contributed by atoms with Gasteiger partial charge in [-0.3, -0.25) is 4.79 Å². The summed E-state index contributed by atoms with van der Waals surface area (Å²) < 4.78 is 35.5. The lowest BCUT2D eigenvalue weighted by Crippen LogP contribution is -2.45. The third-order valence-electron chi connectivity index (χ3n) is 6.31. The molecule has 2 aromatic rings. The molecule has 8 nitrogen and oxygen atoms in total.